The standard InChI is InChI=1S/C25H30O2P2/c1-3-26-22-15-8-10-17-24(22)28-19-12-20-29(21-13-6-5-7-14-21)25-18-11-9-16-23(25)27-4-2/h5-11,13-18,28H,3-4,12,19-20H2,1-2H3. The summed E-state index contributed by atoms with van der Waals surface area (Å²) in [7, 11) is 0.350. The highest BCUT2D eigenvalue weighted by atomic mass is 31.1. The summed E-state index contributed by atoms with van der Waals surface area (Å²) in [6.07, 6.45) is 3.56. The lowest BCUT2D eigenvalue weighted by Crippen LogP contribution is -2.17. The highest BCUT2D eigenvalue weighted by Crippen LogP contribution is 2.38. The fourth-order valence-electron chi connectivity index (χ4n) is 3.31. The number of hydrogen-bond acceptors (Lipinski definition) is 2. The lowest BCUT2D eigenvalue weighted by molar-refractivity contribution is 0.343. The zero-order valence-electron chi connectivity index (χ0n) is 17.3. The van der Waals surface area contributed by atoms with Crippen LogP contribution in [-0.4, -0.2) is 25.5 Å². The minimum Gasteiger partial charge on any atom is -0.493 e. The molecule has 0 radical (unpaired) electrons. The van der Waals surface area contributed by atoms with Crippen molar-refractivity contribution in [1.82, 2.24) is 0 Å². The first-order valence-corrected chi connectivity index (χ1v) is 13.1. The molecule has 0 aromatic heterocycles. The number of ether oxygens (including phenoxy) is 2. The van der Waals surface area contributed by atoms with Crippen LogP contribution in [0.3, 0.4) is 0 Å². The second-order valence-electron chi connectivity index (χ2n) is 6.60. The zero-order valence-corrected chi connectivity index (χ0v) is 19.2. The van der Waals surface area contributed by atoms with Crippen LogP contribution in [0.5, 0.6) is 11.5 Å². The molecule has 0 N–H and O–H groups in total. The summed E-state index contributed by atoms with van der Waals surface area (Å²) in [4.78, 5) is 0. The molecule has 0 aliphatic heterocycles. The molecule has 29 heavy (non-hydrogen) atoms. The molecule has 0 bridgehead atoms. The van der Waals surface area contributed by atoms with E-state index in [-0.39, 0.29) is 0 Å². The summed E-state index contributed by atoms with van der Waals surface area (Å²) < 4.78 is 11.7. The second kappa shape index (κ2) is 12.0. The van der Waals surface area contributed by atoms with Crippen LogP contribution in [0, 0.1) is 0 Å². The fourth-order valence-corrected chi connectivity index (χ4v) is 7.23. The zero-order chi connectivity index (χ0) is 20.3. The Morgan fingerprint density at radius 2 is 1.34 bits per heavy atom. The molecule has 152 valence electrons. The maximum absolute atomic E-state index is 5.96. The van der Waals surface area contributed by atoms with E-state index in [1.807, 2.05) is 6.92 Å². The Morgan fingerprint density at radius 3 is 2.10 bits per heavy atom. The number of hydrogen-bond donors (Lipinski definition) is 0. The van der Waals surface area contributed by atoms with E-state index in [0.29, 0.717) is 6.61 Å². The van der Waals surface area contributed by atoms with E-state index >= 15 is 0 Å². The average Bonchev–Trinajstić information content (AvgIpc) is 2.77. The molecule has 0 saturated carbocycles. The van der Waals surface area contributed by atoms with E-state index in [1.165, 1.54) is 34.7 Å². The molecule has 3 rings (SSSR count). The number of para-hydroxylation sites is 2. The first-order valence-electron chi connectivity index (χ1n) is 10.3. The molecule has 2 nitrogen and oxygen atoms in total. The highest BCUT2D eigenvalue weighted by molar-refractivity contribution is 7.73. The van der Waals surface area contributed by atoms with Crippen LogP contribution in [-0.2, 0) is 0 Å². The maximum atomic E-state index is 5.96. The minimum atomic E-state index is -0.430. The van der Waals surface area contributed by atoms with Gasteiger partial charge in [-0.05, 0) is 58.0 Å². The first kappa shape index (κ1) is 21.8. The summed E-state index contributed by atoms with van der Waals surface area (Å²) in [5.74, 6) is 2.08. The Balaban J connectivity index is 1.71. The van der Waals surface area contributed by atoms with Crippen LogP contribution in [0.4, 0.5) is 0 Å². The lowest BCUT2D eigenvalue weighted by atomic mass is 10.3. The number of rotatable bonds is 11. The van der Waals surface area contributed by atoms with Crippen LogP contribution in [0.15, 0.2) is 78.9 Å². The van der Waals surface area contributed by atoms with Crippen molar-refractivity contribution in [1.29, 1.82) is 0 Å². The number of benzene rings is 3. The van der Waals surface area contributed by atoms with E-state index in [0.717, 1.165) is 26.7 Å². The Morgan fingerprint density at radius 1 is 0.724 bits per heavy atom. The summed E-state index contributed by atoms with van der Waals surface area (Å²) in [6, 6.07) is 27.9. The van der Waals surface area contributed by atoms with Crippen LogP contribution in [0.1, 0.15) is 20.3 Å². The van der Waals surface area contributed by atoms with Gasteiger partial charge in [0.2, 0.25) is 0 Å². The first-order chi connectivity index (χ1) is 14.3. The summed E-state index contributed by atoms with van der Waals surface area (Å²) in [6.45, 7) is 5.51. The third kappa shape index (κ3) is 6.30. The molecule has 0 spiro atoms. The van der Waals surface area contributed by atoms with E-state index in [1.54, 1.807) is 0 Å². The lowest BCUT2D eigenvalue weighted by Gasteiger charge is -2.21. The van der Waals surface area contributed by atoms with Gasteiger partial charge in [-0.25, -0.2) is 0 Å². The quantitative estimate of drug-likeness (QED) is 0.307. The molecule has 2 atom stereocenters. The van der Waals surface area contributed by atoms with Gasteiger partial charge in [0, 0.05) is 10.6 Å². The monoisotopic (exact) mass is 424 g/mol. The van der Waals surface area contributed by atoms with Crippen molar-refractivity contribution in [2.75, 3.05) is 25.5 Å². The van der Waals surface area contributed by atoms with Gasteiger partial charge in [0.05, 0.1) is 13.2 Å². The van der Waals surface area contributed by atoms with Crippen LogP contribution in [0.25, 0.3) is 0 Å². The third-order valence-electron chi connectivity index (χ3n) is 4.58. The van der Waals surface area contributed by atoms with Gasteiger partial charge in [0.15, 0.2) is 0 Å². The average molecular weight is 424 g/mol. The summed E-state index contributed by atoms with van der Waals surface area (Å²) >= 11 is 0. The molecule has 0 amide bonds. The van der Waals surface area contributed by atoms with E-state index in [2.05, 4.69) is 85.8 Å². The van der Waals surface area contributed by atoms with Gasteiger partial charge in [-0.2, -0.15) is 0 Å². The minimum absolute atomic E-state index is 0.430. The van der Waals surface area contributed by atoms with Gasteiger partial charge in [0.25, 0.3) is 0 Å². The molecule has 4 heteroatoms. The maximum Gasteiger partial charge on any atom is 0.127 e. The van der Waals surface area contributed by atoms with Gasteiger partial charge in [-0.1, -0.05) is 75.3 Å². The van der Waals surface area contributed by atoms with Crippen molar-refractivity contribution in [2.24, 2.45) is 0 Å². The van der Waals surface area contributed by atoms with Crippen molar-refractivity contribution >= 4 is 32.4 Å². The topological polar surface area (TPSA) is 18.5 Å². The summed E-state index contributed by atoms with van der Waals surface area (Å²) in [5.41, 5.74) is 0. The molecule has 0 aliphatic carbocycles. The molecule has 3 aromatic carbocycles. The van der Waals surface area contributed by atoms with Crippen molar-refractivity contribution in [3.63, 3.8) is 0 Å². The Labute approximate surface area is 178 Å². The van der Waals surface area contributed by atoms with Gasteiger partial charge < -0.3 is 9.47 Å². The predicted molar refractivity (Wildman–Crippen MR) is 130 cm³/mol. The second-order valence-corrected chi connectivity index (χ2v) is 10.3. The van der Waals surface area contributed by atoms with Crippen molar-refractivity contribution in [3.8, 4) is 11.5 Å². The molecule has 0 saturated heterocycles. The van der Waals surface area contributed by atoms with Gasteiger partial charge >= 0.3 is 0 Å². The normalized spacial score (nSPS) is 12.2. The fraction of sp³-hybridized carbons (Fsp3) is 0.280. The predicted octanol–water partition coefficient (Wildman–Crippen LogP) is 5.31. The smallest absolute Gasteiger partial charge is 0.127 e. The molecule has 3 aromatic rings. The van der Waals surface area contributed by atoms with Crippen LogP contribution in [0.2, 0.25) is 0 Å². The van der Waals surface area contributed by atoms with Crippen molar-refractivity contribution in [3.05, 3.63) is 78.9 Å². The van der Waals surface area contributed by atoms with E-state index < -0.39 is 7.92 Å². The largest absolute Gasteiger partial charge is 0.493 e. The van der Waals surface area contributed by atoms with Gasteiger partial charge in [-0.3, -0.25) is 0 Å². The molecule has 0 aliphatic rings. The highest BCUT2D eigenvalue weighted by Gasteiger charge is 2.17. The third-order valence-corrected chi connectivity index (χ3v) is 8.62. The van der Waals surface area contributed by atoms with E-state index in [9.17, 15) is 0 Å². The SMILES string of the molecule is CCOc1ccccc1PCCCP(c1ccccc1)c1ccccc1OCC. The molecular formula is C25H30O2P2. The van der Waals surface area contributed by atoms with E-state index in [4.69, 9.17) is 9.47 Å². The van der Waals surface area contributed by atoms with Crippen molar-refractivity contribution in [2.45, 2.75) is 20.3 Å². The Kier molecular flexibility index (Phi) is 9.00. The van der Waals surface area contributed by atoms with Crippen molar-refractivity contribution < 1.29 is 9.47 Å². The Bertz CT molecular complexity index is 867. The Hall–Kier alpha value is -1.88. The van der Waals surface area contributed by atoms with Gasteiger partial charge in [0.1, 0.15) is 11.5 Å². The molecule has 2 unspecified atom stereocenters. The molecule has 0 fully saturated rings. The molecular weight excluding hydrogens is 394 g/mol. The summed E-state index contributed by atoms with van der Waals surface area (Å²) in [5, 5.41) is 4.12. The molecule has 0 heterocycles. The van der Waals surface area contributed by atoms with Gasteiger partial charge in [-0.15, -0.1) is 0 Å². The van der Waals surface area contributed by atoms with Crippen LogP contribution >= 0.6 is 16.5 Å². The van der Waals surface area contributed by atoms with Crippen LogP contribution < -0.4 is 25.4 Å².